The predicted molar refractivity (Wildman–Crippen MR) is 75.9 cm³/mol. The number of aryl methyl sites for hydroxylation is 2. The molecule has 1 heterocycles. The van der Waals surface area contributed by atoms with Gasteiger partial charge in [-0.25, -0.2) is 0 Å². The van der Waals surface area contributed by atoms with Crippen molar-refractivity contribution in [1.29, 1.82) is 0 Å². The van der Waals surface area contributed by atoms with Crippen molar-refractivity contribution < 1.29 is 4.79 Å². The Bertz CT molecular complexity index is 512. The van der Waals surface area contributed by atoms with Crippen LogP contribution in [0.25, 0.3) is 0 Å². The average Bonchev–Trinajstić information content (AvgIpc) is 2.36. The van der Waals surface area contributed by atoms with Gasteiger partial charge in [0.15, 0.2) is 0 Å². The van der Waals surface area contributed by atoms with Crippen LogP contribution in [0.5, 0.6) is 0 Å². The summed E-state index contributed by atoms with van der Waals surface area (Å²) in [6.45, 7) is 2.95. The van der Waals surface area contributed by atoms with Crippen LogP contribution in [0.2, 0.25) is 0 Å². The van der Waals surface area contributed by atoms with Crippen LogP contribution in [-0.2, 0) is 11.2 Å². The molecule has 0 bridgehead atoms. The Kier molecular flexibility index (Phi) is 3.95. The summed E-state index contributed by atoms with van der Waals surface area (Å²) in [7, 11) is 3.74. The monoisotopic (exact) mass is 261 g/mol. The Labute approximate surface area is 113 Å². The lowest BCUT2D eigenvalue weighted by Gasteiger charge is -2.31. The molecule has 5 nitrogen and oxygen atoms in total. The molecular weight excluding hydrogens is 242 g/mol. The first-order valence-corrected chi connectivity index (χ1v) is 6.45. The molecule has 5 heteroatoms. The van der Waals surface area contributed by atoms with E-state index < -0.39 is 0 Å². The number of carbonyl (C=O) groups is 1. The third-order valence-electron chi connectivity index (χ3n) is 3.37. The lowest BCUT2D eigenvalue weighted by Crippen LogP contribution is -2.40. The van der Waals surface area contributed by atoms with Crippen molar-refractivity contribution in [3.05, 3.63) is 28.2 Å². The summed E-state index contributed by atoms with van der Waals surface area (Å²) >= 11 is 0. The molecule has 0 saturated heterocycles. The van der Waals surface area contributed by atoms with Gasteiger partial charge in [-0.2, -0.15) is 0 Å². The number of rotatable bonds is 3. The van der Waals surface area contributed by atoms with E-state index in [-0.39, 0.29) is 5.91 Å². The van der Waals surface area contributed by atoms with Gasteiger partial charge in [-0.15, -0.1) is 4.91 Å². The summed E-state index contributed by atoms with van der Waals surface area (Å²) in [5.74, 6) is 0.0617. The van der Waals surface area contributed by atoms with Crippen LogP contribution in [-0.4, -0.2) is 38.0 Å². The molecule has 0 unspecified atom stereocenters. The van der Waals surface area contributed by atoms with Crippen LogP contribution in [0, 0.1) is 11.8 Å². The molecule has 1 amide bonds. The first kappa shape index (κ1) is 13.7. The zero-order valence-corrected chi connectivity index (χ0v) is 11.6. The highest BCUT2D eigenvalue weighted by molar-refractivity contribution is 5.96. The number of carbonyl (C=O) groups excluding carboxylic acids is 1. The molecule has 0 spiro atoms. The van der Waals surface area contributed by atoms with Crippen LogP contribution in [0.4, 0.5) is 11.4 Å². The lowest BCUT2D eigenvalue weighted by molar-refractivity contribution is -0.119. The second kappa shape index (κ2) is 5.48. The molecule has 1 aliphatic rings. The van der Waals surface area contributed by atoms with Gasteiger partial charge in [0, 0.05) is 12.2 Å². The molecule has 1 aliphatic heterocycles. The van der Waals surface area contributed by atoms with E-state index in [2.05, 4.69) is 5.18 Å². The topological polar surface area (TPSA) is 53.0 Å². The quantitative estimate of drug-likeness (QED) is 0.784. The van der Waals surface area contributed by atoms with E-state index in [1.165, 1.54) is 0 Å². The van der Waals surface area contributed by atoms with Gasteiger partial charge in [-0.05, 0) is 56.2 Å². The molecule has 19 heavy (non-hydrogen) atoms. The van der Waals surface area contributed by atoms with Crippen molar-refractivity contribution in [2.45, 2.75) is 19.8 Å². The zero-order chi connectivity index (χ0) is 14.0. The van der Waals surface area contributed by atoms with Gasteiger partial charge >= 0.3 is 0 Å². The minimum absolute atomic E-state index is 0.0617. The second-order valence-electron chi connectivity index (χ2n) is 5.25. The molecule has 0 fully saturated rings. The van der Waals surface area contributed by atoms with E-state index in [9.17, 15) is 9.70 Å². The fourth-order valence-corrected chi connectivity index (χ4v) is 2.46. The Morgan fingerprint density at radius 2 is 2.16 bits per heavy atom. The van der Waals surface area contributed by atoms with Crippen molar-refractivity contribution in [1.82, 2.24) is 4.90 Å². The first-order valence-electron chi connectivity index (χ1n) is 6.45. The molecule has 1 aromatic rings. The number of hydrogen-bond donors (Lipinski definition) is 0. The Balaban J connectivity index is 2.37. The molecule has 1 aromatic carbocycles. The molecule has 0 aliphatic carbocycles. The summed E-state index contributed by atoms with van der Waals surface area (Å²) in [4.78, 5) is 26.7. The summed E-state index contributed by atoms with van der Waals surface area (Å²) in [5.41, 5.74) is 3.26. The standard InChI is InChI=1S/C14H19N3O2/c1-10-7-11-5-4-6-17(14(18)9-16(2)3)13(11)8-12(10)15-19/h7-8H,4-6,9H2,1-3H3. The molecular formula is C14H19N3O2. The number of benzene rings is 1. The first-order chi connectivity index (χ1) is 9.02. The van der Waals surface area contributed by atoms with Gasteiger partial charge in [0.05, 0.1) is 6.54 Å². The van der Waals surface area contributed by atoms with E-state index in [4.69, 9.17) is 0 Å². The molecule has 0 radical (unpaired) electrons. The SMILES string of the molecule is Cc1cc2c(cc1N=O)N(C(=O)CN(C)C)CCC2. The van der Waals surface area contributed by atoms with Crippen molar-refractivity contribution in [2.24, 2.45) is 5.18 Å². The number of anilines is 1. The highest BCUT2D eigenvalue weighted by Crippen LogP contribution is 2.33. The van der Waals surface area contributed by atoms with E-state index in [0.29, 0.717) is 18.8 Å². The van der Waals surface area contributed by atoms with Crippen molar-refractivity contribution in [2.75, 3.05) is 32.1 Å². The molecule has 0 aromatic heterocycles. The summed E-state index contributed by atoms with van der Waals surface area (Å²) < 4.78 is 0. The maximum atomic E-state index is 12.2. The largest absolute Gasteiger partial charge is 0.311 e. The average molecular weight is 261 g/mol. The second-order valence-corrected chi connectivity index (χ2v) is 5.25. The number of fused-ring (bicyclic) bond motifs is 1. The van der Waals surface area contributed by atoms with Crippen LogP contribution < -0.4 is 4.90 Å². The van der Waals surface area contributed by atoms with Crippen LogP contribution >= 0.6 is 0 Å². The number of nitroso groups, excluding NO2 is 1. The molecule has 0 N–H and O–H groups in total. The summed E-state index contributed by atoms with van der Waals surface area (Å²) in [6, 6.07) is 3.71. The molecule has 0 atom stereocenters. The van der Waals surface area contributed by atoms with Crippen molar-refractivity contribution in [3.8, 4) is 0 Å². The van der Waals surface area contributed by atoms with E-state index in [0.717, 1.165) is 29.7 Å². The molecule has 102 valence electrons. The third-order valence-corrected chi connectivity index (χ3v) is 3.37. The number of amides is 1. The number of nitrogens with zero attached hydrogens (tertiary/aromatic N) is 3. The number of likely N-dealkylation sites (N-methyl/N-ethyl adjacent to an activating group) is 1. The minimum atomic E-state index is 0.0617. The highest BCUT2D eigenvalue weighted by Gasteiger charge is 2.24. The normalized spacial score (nSPS) is 14.4. The van der Waals surface area contributed by atoms with E-state index >= 15 is 0 Å². The van der Waals surface area contributed by atoms with E-state index in [1.807, 2.05) is 32.0 Å². The van der Waals surface area contributed by atoms with Gasteiger partial charge < -0.3 is 9.80 Å². The number of hydrogen-bond acceptors (Lipinski definition) is 4. The van der Waals surface area contributed by atoms with Crippen LogP contribution in [0.15, 0.2) is 17.3 Å². The van der Waals surface area contributed by atoms with Gasteiger partial charge in [-0.1, -0.05) is 6.07 Å². The van der Waals surface area contributed by atoms with Gasteiger partial charge in [0.1, 0.15) is 5.69 Å². The molecule has 0 saturated carbocycles. The van der Waals surface area contributed by atoms with E-state index in [1.54, 1.807) is 11.0 Å². The summed E-state index contributed by atoms with van der Waals surface area (Å²) in [5, 5.41) is 3.03. The van der Waals surface area contributed by atoms with Crippen LogP contribution in [0.3, 0.4) is 0 Å². The minimum Gasteiger partial charge on any atom is -0.311 e. The Morgan fingerprint density at radius 1 is 1.42 bits per heavy atom. The fraction of sp³-hybridized carbons (Fsp3) is 0.500. The van der Waals surface area contributed by atoms with Gasteiger partial charge in [0.25, 0.3) is 0 Å². The zero-order valence-electron chi connectivity index (χ0n) is 11.6. The Morgan fingerprint density at radius 3 is 2.79 bits per heavy atom. The van der Waals surface area contributed by atoms with Gasteiger partial charge in [0.2, 0.25) is 5.91 Å². The lowest BCUT2D eigenvalue weighted by atomic mass is 9.98. The van der Waals surface area contributed by atoms with Crippen molar-refractivity contribution in [3.63, 3.8) is 0 Å². The predicted octanol–water partition coefficient (Wildman–Crippen LogP) is 2.23. The smallest absolute Gasteiger partial charge is 0.241 e. The maximum Gasteiger partial charge on any atom is 0.241 e. The summed E-state index contributed by atoms with van der Waals surface area (Å²) in [6.07, 6.45) is 1.90. The Hall–Kier alpha value is -1.75. The fourth-order valence-electron chi connectivity index (χ4n) is 2.46. The maximum absolute atomic E-state index is 12.2. The van der Waals surface area contributed by atoms with Gasteiger partial charge in [-0.3, -0.25) is 4.79 Å². The third kappa shape index (κ3) is 2.81. The van der Waals surface area contributed by atoms with Crippen LogP contribution in [0.1, 0.15) is 17.5 Å². The highest BCUT2D eigenvalue weighted by atomic mass is 16.3. The van der Waals surface area contributed by atoms with Crippen molar-refractivity contribution >= 4 is 17.3 Å². The molecule has 2 rings (SSSR count).